The van der Waals surface area contributed by atoms with E-state index in [4.69, 9.17) is 0 Å². The highest BCUT2D eigenvalue weighted by molar-refractivity contribution is 5.87. The average Bonchev–Trinajstić information content (AvgIpc) is 2.82. The fraction of sp³-hybridized carbons (Fsp3) is 0.875. The van der Waals surface area contributed by atoms with Gasteiger partial charge in [-0.3, -0.25) is 0 Å². The van der Waals surface area contributed by atoms with E-state index in [9.17, 15) is 14.7 Å². The number of urea groups is 1. The lowest BCUT2D eigenvalue weighted by Crippen LogP contribution is -2.56. The van der Waals surface area contributed by atoms with Crippen LogP contribution in [0.3, 0.4) is 0 Å². The second kappa shape index (κ2) is 7.14. The van der Waals surface area contributed by atoms with Crippen LogP contribution in [-0.2, 0) is 4.79 Å². The molecule has 0 aliphatic carbocycles. The first-order chi connectivity index (χ1) is 9.76. The number of carbonyl (C=O) groups is 2. The van der Waals surface area contributed by atoms with E-state index in [0.717, 1.165) is 6.42 Å². The molecule has 1 aliphatic heterocycles. The summed E-state index contributed by atoms with van der Waals surface area (Å²) in [6.45, 7) is 11.6. The molecular formula is C16H30N2O3. The van der Waals surface area contributed by atoms with E-state index in [1.807, 2.05) is 6.92 Å². The van der Waals surface area contributed by atoms with Gasteiger partial charge in [0.15, 0.2) is 0 Å². The smallest absolute Gasteiger partial charge is 0.329 e. The fourth-order valence-corrected chi connectivity index (χ4v) is 3.46. The molecule has 0 aromatic carbocycles. The van der Waals surface area contributed by atoms with Gasteiger partial charge in [-0.25, -0.2) is 9.59 Å². The molecule has 1 atom stereocenters. The largest absolute Gasteiger partial charge is 0.479 e. The SMILES string of the molecule is CCC1(C(=O)O)CCCN1C(=O)NCC(C(C)C)C(C)C. The van der Waals surface area contributed by atoms with Crippen LogP contribution in [0.15, 0.2) is 0 Å². The number of hydrogen-bond donors (Lipinski definition) is 2. The molecule has 1 heterocycles. The lowest BCUT2D eigenvalue weighted by Gasteiger charge is -2.35. The van der Waals surface area contributed by atoms with Gasteiger partial charge in [0, 0.05) is 13.1 Å². The zero-order chi connectivity index (χ0) is 16.2. The van der Waals surface area contributed by atoms with E-state index in [1.54, 1.807) is 0 Å². The van der Waals surface area contributed by atoms with Crippen LogP contribution in [0, 0.1) is 17.8 Å². The maximum atomic E-state index is 12.4. The molecule has 2 N–H and O–H groups in total. The Hall–Kier alpha value is -1.26. The van der Waals surface area contributed by atoms with Crippen LogP contribution in [0.2, 0.25) is 0 Å². The summed E-state index contributed by atoms with van der Waals surface area (Å²) in [5, 5.41) is 12.5. The summed E-state index contributed by atoms with van der Waals surface area (Å²) in [6, 6.07) is -0.233. The third-order valence-corrected chi connectivity index (χ3v) is 4.92. The molecule has 5 heteroatoms. The van der Waals surface area contributed by atoms with Gasteiger partial charge in [0.1, 0.15) is 5.54 Å². The Morgan fingerprint density at radius 3 is 2.24 bits per heavy atom. The van der Waals surface area contributed by atoms with Crippen molar-refractivity contribution >= 4 is 12.0 Å². The Morgan fingerprint density at radius 2 is 1.81 bits per heavy atom. The van der Waals surface area contributed by atoms with Crippen LogP contribution in [0.25, 0.3) is 0 Å². The molecule has 1 saturated heterocycles. The van der Waals surface area contributed by atoms with Crippen LogP contribution in [-0.4, -0.2) is 40.6 Å². The summed E-state index contributed by atoms with van der Waals surface area (Å²) < 4.78 is 0. The Balaban J connectivity index is 2.73. The molecule has 0 aromatic heterocycles. The Morgan fingerprint density at radius 1 is 1.24 bits per heavy atom. The Bertz CT molecular complexity index is 374. The van der Waals surface area contributed by atoms with Gasteiger partial charge in [-0.1, -0.05) is 34.6 Å². The van der Waals surface area contributed by atoms with Gasteiger partial charge in [-0.2, -0.15) is 0 Å². The quantitative estimate of drug-likeness (QED) is 0.792. The molecule has 1 unspecified atom stereocenters. The first-order valence-electron chi connectivity index (χ1n) is 8.05. The summed E-state index contributed by atoms with van der Waals surface area (Å²) in [4.78, 5) is 25.5. The van der Waals surface area contributed by atoms with Crippen LogP contribution in [0.1, 0.15) is 53.9 Å². The highest BCUT2D eigenvalue weighted by Gasteiger charge is 2.48. The standard InChI is InChI=1S/C16H30N2O3/c1-6-16(14(19)20)8-7-9-18(16)15(21)17-10-13(11(2)3)12(4)5/h11-13H,6-10H2,1-5H3,(H,17,21)(H,19,20). The summed E-state index contributed by atoms with van der Waals surface area (Å²) in [6.07, 6.45) is 1.75. The molecule has 5 nitrogen and oxygen atoms in total. The minimum absolute atomic E-state index is 0.233. The molecule has 0 spiro atoms. The highest BCUT2D eigenvalue weighted by atomic mass is 16.4. The number of likely N-dealkylation sites (tertiary alicyclic amines) is 1. The lowest BCUT2D eigenvalue weighted by atomic mass is 9.85. The zero-order valence-electron chi connectivity index (χ0n) is 14.0. The summed E-state index contributed by atoms with van der Waals surface area (Å²) in [5.41, 5.74) is -1.02. The van der Waals surface area contributed by atoms with Crippen molar-refractivity contribution in [2.45, 2.75) is 59.4 Å². The first kappa shape index (κ1) is 17.8. The molecule has 0 radical (unpaired) electrons. The lowest BCUT2D eigenvalue weighted by molar-refractivity contribution is -0.148. The zero-order valence-corrected chi connectivity index (χ0v) is 14.0. The van der Waals surface area contributed by atoms with Crippen LogP contribution >= 0.6 is 0 Å². The molecule has 0 bridgehead atoms. The van der Waals surface area contributed by atoms with Crippen molar-refractivity contribution in [2.24, 2.45) is 17.8 Å². The van der Waals surface area contributed by atoms with Gasteiger partial charge in [0.2, 0.25) is 0 Å². The van der Waals surface area contributed by atoms with Gasteiger partial charge in [0.05, 0.1) is 0 Å². The molecule has 21 heavy (non-hydrogen) atoms. The predicted molar refractivity (Wildman–Crippen MR) is 83.2 cm³/mol. The molecule has 2 amide bonds. The van der Waals surface area contributed by atoms with Gasteiger partial charge >= 0.3 is 12.0 Å². The number of hydrogen-bond acceptors (Lipinski definition) is 2. The fourth-order valence-electron chi connectivity index (χ4n) is 3.46. The number of nitrogens with one attached hydrogen (secondary N) is 1. The van der Waals surface area contributed by atoms with E-state index in [0.29, 0.717) is 43.7 Å². The summed E-state index contributed by atoms with van der Waals surface area (Å²) in [7, 11) is 0. The number of carboxylic acids is 1. The molecule has 1 fully saturated rings. The monoisotopic (exact) mass is 298 g/mol. The van der Waals surface area contributed by atoms with Gasteiger partial charge in [-0.05, 0) is 37.0 Å². The summed E-state index contributed by atoms with van der Waals surface area (Å²) >= 11 is 0. The van der Waals surface area contributed by atoms with Crippen molar-refractivity contribution in [1.29, 1.82) is 0 Å². The number of carbonyl (C=O) groups excluding carboxylic acids is 1. The number of carboxylic acid groups (broad SMARTS) is 1. The van der Waals surface area contributed by atoms with E-state index >= 15 is 0 Å². The molecule has 122 valence electrons. The second-order valence-corrected chi connectivity index (χ2v) is 6.78. The normalized spacial score (nSPS) is 22.4. The van der Waals surface area contributed by atoms with E-state index in [2.05, 4.69) is 33.0 Å². The Kier molecular flexibility index (Phi) is 6.05. The van der Waals surface area contributed by atoms with Crippen molar-refractivity contribution in [3.05, 3.63) is 0 Å². The predicted octanol–water partition coefficient (Wildman–Crippen LogP) is 2.95. The van der Waals surface area contributed by atoms with Crippen molar-refractivity contribution in [3.8, 4) is 0 Å². The average molecular weight is 298 g/mol. The van der Waals surface area contributed by atoms with Gasteiger partial charge in [-0.15, -0.1) is 0 Å². The van der Waals surface area contributed by atoms with Gasteiger partial charge < -0.3 is 15.3 Å². The number of nitrogens with zero attached hydrogens (tertiary/aromatic N) is 1. The molecule has 0 aromatic rings. The van der Waals surface area contributed by atoms with E-state index in [-0.39, 0.29) is 6.03 Å². The number of rotatable bonds is 6. The molecular weight excluding hydrogens is 268 g/mol. The van der Waals surface area contributed by atoms with Crippen molar-refractivity contribution in [2.75, 3.05) is 13.1 Å². The number of aliphatic carboxylic acids is 1. The molecule has 1 rings (SSSR count). The summed E-state index contributed by atoms with van der Waals surface area (Å²) in [5.74, 6) is 0.484. The van der Waals surface area contributed by atoms with Crippen molar-refractivity contribution < 1.29 is 14.7 Å². The van der Waals surface area contributed by atoms with Crippen molar-refractivity contribution in [3.63, 3.8) is 0 Å². The van der Waals surface area contributed by atoms with E-state index < -0.39 is 11.5 Å². The molecule has 0 saturated carbocycles. The third kappa shape index (κ3) is 3.69. The maximum Gasteiger partial charge on any atom is 0.329 e. The Labute approximate surface area is 128 Å². The minimum atomic E-state index is -1.02. The molecule has 1 aliphatic rings. The number of amides is 2. The second-order valence-electron chi connectivity index (χ2n) is 6.78. The van der Waals surface area contributed by atoms with Crippen molar-refractivity contribution in [1.82, 2.24) is 10.2 Å². The van der Waals surface area contributed by atoms with Gasteiger partial charge in [0.25, 0.3) is 0 Å². The highest BCUT2D eigenvalue weighted by Crippen LogP contribution is 2.32. The minimum Gasteiger partial charge on any atom is -0.479 e. The topological polar surface area (TPSA) is 69.6 Å². The van der Waals surface area contributed by atoms with Crippen LogP contribution in [0.4, 0.5) is 4.79 Å². The first-order valence-corrected chi connectivity index (χ1v) is 8.05. The maximum absolute atomic E-state index is 12.4. The van der Waals surface area contributed by atoms with Crippen LogP contribution < -0.4 is 5.32 Å². The van der Waals surface area contributed by atoms with E-state index in [1.165, 1.54) is 4.90 Å². The van der Waals surface area contributed by atoms with Crippen LogP contribution in [0.5, 0.6) is 0 Å². The third-order valence-electron chi connectivity index (χ3n) is 4.92.